The van der Waals surface area contributed by atoms with Crippen LogP contribution in [0.3, 0.4) is 0 Å². The van der Waals surface area contributed by atoms with Gasteiger partial charge in [-0.25, -0.2) is 9.78 Å². The zero-order valence-corrected chi connectivity index (χ0v) is 14.3. The van der Waals surface area contributed by atoms with Crippen molar-refractivity contribution in [3.05, 3.63) is 40.7 Å². The number of carbonyl (C=O) groups excluding carboxylic acids is 1. The molecule has 0 saturated carbocycles. The second kappa shape index (κ2) is 8.21. The molecule has 1 aliphatic carbocycles. The van der Waals surface area contributed by atoms with Crippen molar-refractivity contribution >= 4 is 22.5 Å². The molecular formula is C17H22N4O2S. The number of fused-ring (bicyclic) bond motifs is 1. The van der Waals surface area contributed by atoms with Gasteiger partial charge in [0.15, 0.2) is 5.13 Å². The van der Waals surface area contributed by atoms with E-state index in [1.807, 2.05) is 18.2 Å². The van der Waals surface area contributed by atoms with Crippen molar-refractivity contribution < 1.29 is 9.90 Å². The third-order valence-corrected chi connectivity index (χ3v) is 5.17. The largest absolute Gasteiger partial charge is 0.396 e. The molecule has 128 valence electrons. The van der Waals surface area contributed by atoms with E-state index in [1.54, 1.807) is 17.5 Å². The molecule has 24 heavy (non-hydrogen) atoms. The summed E-state index contributed by atoms with van der Waals surface area (Å²) < 4.78 is 0. The second-order valence-electron chi connectivity index (χ2n) is 6.00. The number of hydrogen-bond donors (Lipinski definition) is 3. The summed E-state index contributed by atoms with van der Waals surface area (Å²) in [5.41, 5.74) is 2.04. The third-order valence-electron chi connectivity index (χ3n) is 4.10. The normalized spacial score (nSPS) is 14.7. The summed E-state index contributed by atoms with van der Waals surface area (Å²) in [6.07, 6.45) is 6.80. The molecule has 0 radical (unpaired) electrons. The van der Waals surface area contributed by atoms with E-state index in [2.05, 4.69) is 20.6 Å². The molecule has 2 heterocycles. The Hall–Kier alpha value is -1.99. The molecular weight excluding hydrogens is 324 g/mol. The van der Waals surface area contributed by atoms with Crippen molar-refractivity contribution in [2.45, 2.75) is 32.1 Å². The number of amides is 2. The Morgan fingerprint density at radius 2 is 2.21 bits per heavy atom. The van der Waals surface area contributed by atoms with Crippen LogP contribution < -0.4 is 10.6 Å². The smallest absolute Gasteiger partial charge is 0.321 e. The Morgan fingerprint density at radius 3 is 2.96 bits per heavy atom. The third kappa shape index (κ3) is 4.52. The van der Waals surface area contributed by atoms with Crippen LogP contribution in [0.4, 0.5) is 9.93 Å². The fourth-order valence-electron chi connectivity index (χ4n) is 2.80. The van der Waals surface area contributed by atoms with Crippen LogP contribution in [0.25, 0.3) is 0 Å². The van der Waals surface area contributed by atoms with Crippen molar-refractivity contribution in [1.82, 2.24) is 15.3 Å². The number of anilines is 1. The second-order valence-corrected chi connectivity index (χ2v) is 7.09. The van der Waals surface area contributed by atoms with Crippen LogP contribution in [0.15, 0.2) is 24.4 Å². The number of aliphatic hydroxyl groups is 1. The highest BCUT2D eigenvalue weighted by Gasteiger charge is 2.17. The van der Waals surface area contributed by atoms with Gasteiger partial charge in [0.1, 0.15) is 0 Å². The van der Waals surface area contributed by atoms with E-state index in [-0.39, 0.29) is 18.6 Å². The topological polar surface area (TPSA) is 87.1 Å². The van der Waals surface area contributed by atoms with Gasteiger partial charge in [0.25, 0.3) is 0 Å². The Labute approximate surface area is 145 Å². The van der Waals surface area contributed by atoms with Gasteiger partial charge in [0, 0.05) is 35.8 Å². The van der Waals surface area contributed by atoms with E-state index in [4.69, 9.17) is 0 Å². The number of carbonyl (C=O) groups is 1. The fraction of sp³-hybridized carbons (Fsp3) is 0.471. The number of nitrogens with one attached hydrogen (secondary N) is 2. The average Bonchev–Trinajstić information content (AvgIpc) is 3.01. The van der Waals surface area contributed by atoms with Crippen LogP contribution in [-0.2, 0) is 19.3 Å². The van der Waals surface area contributed by atoms with Crippen molar-refractivity contribution in [2.75, 3.05) is 18.5 Å². The van der Waals surface area contributed by atoms with Gasteiger partial charge in [-0.2, -0.15) is 0 Å². The lowest BCUT2D eigenvalue weighted by atomic mass is 10.0. The predicted molar refractivity (Wildman–Crippen MR) is 94.3 cm³/mol. The molecule has 1 unspecified atom stereocenters. The highest BCUT2D eigenvalue weighted by Crippen LogP contribution is 2.29. The first-order valence-electron chi connectivity index (χ1n) is 8.29. The Bertz CT molecular complexity index is 651. The first-order chi connectivity index (χ1) is 11.7. The molecule has 0 spiro atoms. The monoisotopic (exact) mass is 346 g/mol. The summed E-state index contributed by atoms with van der Waals surface area (Å²) in [6, 6.07) is 5.42. The zero-order valence-electron chi connectivity index (χ0n) is 13.5. The lowest BCUT2D eigenvalue weighted by molar-refractivity contribution is 0.217. The maximum atomic E-state index is 12.0. The van der Waals surface area contributed by atoms with Crippen LogP contribution in [0.5, 0.6) is 0 Å². The minimum absolute atomic E-state index is 0.00238. The molecule has 1 aliphatic rings. The van der Waals surface area contributed by atoms with Gasteiger partial charge in [-0.05, 0) is 44.2 Å². The number of hydrogen-bond acceptors (Lipinski definition) is 5. The molecule has 2 aromatic rings. The molecule has 0 fully saturated rings. The number of thiazole rings is 1. The zero-order chi connectivity index (χ0) is 16.8. The maximum Gasteiger partial charge on any atom is 0.321 e. The first kappa shape index (κ1) is 16.9. The van der Waals surface area contributed by atoms with E-state index >= 15 is 0 Å². The molecule has 2 amide bonds. The molecule has 0 bridgehead atoms. The molecule has 6 nitrogen and oxygen atoms in total. The molecule has 1 atom stereocenters. The summed E-state index contributed by atoms with van der Waals surface area (Å²) in [5.74, 6) is -0.0600. The van der Waals surface area contributed by atoms with Crippen LogP contribution in [0.2, 0.25) is 0 Å². The van der Waals surface area contributed by atoms with E-state index in [0.29, 0.717) is 18.1 Å². The van der Waals surface area contributed by atoms with Crippen LogP contribution in [0.1, 0.15) is 29.1 Å². The van der Waals surface area contributed by atoms with E-state index < -0.39 is 0 Å². The minimum atomic E-state index is -0.277. The number of aryl methyl sites for hydroxylation is 2. The number of nitrogens with zero attached hydrogens (tertiary/aromatic N) is 2. The molecule has 0 aliphatic heterocycles. The lowest BCUT2D eigenvalue weighted by Crippen LogP contribution is -2.35. The predicted octanol–water partition coefficient (Wildman–Crippen LogP) is 2.39. The Balaban J connectivity index is 1.48. The summed E-state index contributed by atoms with van der Waals surface area (Å²) in [5, 5.41) is 15.8. The van der Waals surface area contributed by atoms with Crippen molar-refractivity contribution in [3.8, 4) is 0 Å². The van der Waals surface area contributed by atoms with Crippen LogP contribution in [-0.4, -0.2) is 34.3 Å². The van der Waals surface area contributed by atoms with Gasteiger partial charge in [0.05, 0.1) is 5.69 Å². The number of aromatic nitrogens is 2. The van der Waals surface area contributed by atoms with Gasteiger partial charge in [-0.3, -0.25) is 10.3 Å². The molecule has 3 N–H and O–H groups in total. The lowest BCUT2D eigenvalue weighted by Gasteiger charge is -2.14. The number of pyridine rings is 1. The van der Waals surface area contributed by atoms with Crippen LogP contribution >= 0.6 is 11.3 Å². The standard InChI is InChI=1S/C17H22N4O2S/c22-11-12(9-13-5-3-4-8-18-13)10-19-16(23)21-17-20-14-6-1-2-7-15(14)24-17/h3-5,8,12,22H,1-2,6-7,9-11H2,(H2,19,20,21,23). The quantitative estimate of drug-likeness (QED) is 0.749. The van der Waals surface area contributed by atoms with Crippen molar-refractivity contribution in [1.29, 1.82) is 0 Å². The number of aliphatic hydroxyl groups excluding tert-OH is 1. The van der Waals surface area contributed by atoms with Gasteiger partial charge < -0.3 is 10.4 Å². The van der Waals surface area contributed by atoms with E-state index in [9.17, 15) is 9.90 Å². The molecule has 0 aromatic carbocycles. The van der Waals surface area contributed by atoms with Gasteiger partial charge in [-0.1, -0.05) is 6.07 Å². The van der Waals surface area contributed by atoms with E-state index in [0.717, 1.165) is 24.2 Å². The highest BCUT2D eigenvalue weighted by atomic mass is 32.1. The Kier molecular flexibility index (Phi) is 5.77. The van der Waals surface area contributed by atoms with Crippen LogP contribution in [0, 0.1) is 5.92 Å². The fourth-order valence-corrected chi connectivity index (χ4v) is 3.84. The summed E-state index contributed by atoms with van der Waals surface area (Å²) in [7, 11) is 0. The van der Waals surface area contributed by atoms with Gasteiger partial charge in [0.2, 0.25) is 0 Å². The Morgan fingerprint density at radius 1 is 1.33 bits per heavy atom. The summed E-state index contributed by atoms with van der Waals surface area (Å²) >= 11 is 1.56. The minimum Gasteiger partial charge on any atom is -0.396 e. The average molecular weight is 346 g/mol. The number of rotatable bonds is 6. The summed E-state index contributed by atoms with van der Waals surface area (Å²) in [4.78, 5) is 22.1. The molecule has 2 aromatic heterocycles. The van der Waals surface area contributed by atoms with Crippen molar-refractivity contribution in [2.24, 2.45) is 5.92 Å². The highest BCUT2D eigenvalue weighted by molar-refractivity contribution is 7.15. The maximum absolute atomic E-state index is 12.0. The SMILES string of the molecule is O=C(NCC(CO)Cc1ccccn1)Nc1nc2c(s1)CCCC2. The molecule has 0 saturated heterocycles. The van der Waals surface area contributed by atoms with E-state index in [1.165, 1.54) is 17.7 Å². The first-order valence-corrected chi connectivity index (χ1v) is 9.10. The van der Waals surface area contributed by atoms with Crippen molar-refractivity contribution in [3.63, 3.8) is 0 Å². The van der Waals surface area contributed by atoms with Gasteiger partial charge >= 0.3 is 6.03 Å². The number of urea groups is 1. The summed E-state index contributed by atoms with van der Waals surface area (Å²) in [6.45, 7) is 0.395. The van der Waals surface area contributed by atoms with Gasteiger partial charge in [-0.15, -0.1) is 11.3 Å². The molecule has 7 heteroatoms. The molecule has 3 rings (SSSR count).